The molecular formula is C19H23N5O2. The molecule has 0 saturated heterocycles. The summed E-state index contributed by atoms with van der Waals surface area (Å²) in [4.78, 5) is 20.3. The minimum absolute atomic E-state index is 0.158. The predicted octanol–water partition coefficient (Wildman–Crippen LogP) is 2.54. The number of H-pyrrole nitrogens is 1. The number of nitrogens with one attached hydrogen (secondary N) is 2. The van der Waals surface area contributed by atoms with Crippen LogP contribution >= 0.6 is 0 Å². The number of hydrogen-bond donors (Lipinski definition) is 2. The largest absolute Gasteiger partial charge is 0.382 e. The molecule has 3 aromatic rings. The predicted molar refractivity (Wildman–Crippen MR) is 98.8 cm³/mol. The molecule has 2 N–H and O–H groups in total. The number of nitrogens with zero attached hydrogens (tertiary/aromatic N) is 3. The standard InChI is InChI=1S/C19H23N5O2/c1-12-18(22-13(2)21-12)14-5-7-15(8-6-14)19(25)23-16(11-26-4)17-9-10-20-24(17)3/h5-10,16H,11H2,1-4H3,(H,21,22)(H,23,25)/t16-/m0/s1. The summed E-state index contributed by atoms with van der Waals surface area (Å²) in [7, 11) is 3.45. The first-order valence-corrected chi connectivity index (χ1v) is 8.41. The van der Waals surface area contributed by atoms with Crippen molar-refractivity contribution in [1.29, 1.82) is 0 Å². The van der Waals surface area contributed by atoms with E-state index in [1.165, 1.54) is 0 Å². The summed E-state index contributed by atoms with van der Waals surface area (Å²) in [5.41, 5.74) is 4.36. The van der Waals surface area contributed by atoms with E-state index in [0.29, 0.717) is 12.2 Å². The third-order valence-corrected chi connectivity index (χ3v) is 4.28. The molecule has 1 amide bonds. The van der Waals surface area contributed by atoms with E-state index >= 15 is 0 Å². The lowest BCUT2D eigenvalue weighted by atomic mass is 10.1. The van der Waals surface area contributed by atoms with Crippen molar-refractivity contribution in [2.75, 3.05) is 13.7 Å². The van der Waals surface area contributed by atoms with Crippen molar-refractivity contribution in [3.63, 3.8) is 0 Å². The van der Waals surface area contributed by atoms with Crippen LogP contribution in [-0.2, 0) is 11.8 Å². The highest BCUT2D eigenvalue weighted by Gasteiger charge is 2.18. The van der Waals surface area contributed by atoms with E-state index < -0.39 is 0 Å². The van der Waals surface area contributed by atoms with Crippen LogP contribution in [0, 0.1) is 13.8 Å². The number of hydrogen-bond acceptors (Lipinski definition) is 4. The summed E-state index contributed by atoms with van der Waals surface area (Å²) in [6.45, 7) is 4.28. The quantitative estimate of drug-likeness (QED) is 0.713. The molecule has 7 nitrogen and oxygen atoms in total. The van der Waals surface area contributed by atoms with Gasteiger partial charge in [-0.3, -0.25) is 9.48 Å². The van der Waals surface area contributed by atoms with Gasteiger partial charge >= 0.3 is 0 Å². The van der Waals surface area contributed by atoms with Crippen molar-refractivity contribution < 1.29 is 9.53 Å². The number of imidazole rings is 1. The van der Waals surface area contributed by atoms with Crippen molar-refractivity contribution in [3.8, 4) is 11.3 Å². The second kappa shape index (κ2) is 7.53. The Hall–Kier alpha value is -2.93. The Morgan fingerprint density at radius 3 is 2.54 bits per heavy atom. The lowest BCUT2D eigenvalue weighted by molar-refractivity contribution is 0.0892. The number of aromatic amines is 1. The second-order valence-electron chi connectivity index (χ2n) is 6.23. The van der Waals surface area contributed by atoms with Gasteiger partial charge in [0.25, 0.3) is 5.91 Å². The Morgan fingerprint density at radius 2 is 2.00 bits per heavy atom. The SMILES string of the molecule is COC[C@H](NC(=O)c1ccc(-c2nc(C)[nH]c2C)cc1)c1ccnn1C. The molecule has 0 fully saturated rings. The average molecular weight is 353 g/mol. The minimum Gasteiger partial charge on any atom is -0.382 e. The monoisotopic (exact) mass is 353 g/mol. The normalized spacial score (nSPS) is 12.2. The number of amides is 1. The highest BCUT2D eigenvalue weighted by molar-refractivity contribution is 5.94. The highest BCUT2D eigenvalue weighted by atomic mass is 16.5. The molecule has 0 aliphatic rings. The van der Waals surface area contributed by atoms with Gasteiger partial charge in [-0.1, -0.05) is 12.1 Å². The van der Waals surface area contributed by atoms with E-state index in [0.717, 1.165) is 28.5 Å². The van der Waals surface area contributed by atoms with Crippen LogP contribution in [0.4, 0.5) is 0 Å². The van der Waals surface area contributed by atoms with E-state index in [-0.39, 0.29) is 11.9 Å². The smallest absolute Gasteiger partial charge is 0.251 e. The van der Waals surface area contributed by atoms with Gasteiger partial charge < -0.3 is 15.0 Å². The van der Waals surface area contributed by atoms with E-state index in [1.54, 1.807) is 30.1 Å². The van der Waals surface area contributed by atoms with Crippen LogP contribution in [0.15, 0.2) is 36.5 Å². The molecule has 2 heterocycles. The number of ether oxygens (including phenoxy) is 1. The van der Waals surface area contributed by atoms with Crippen molar-refractivity contribution in [2.45, 2.75) is 19.9 Å². The van der Waals surface area contributed by atoms with Crippen LogP contribution < -0.4 is 5.32 Å². The Labute approximate surface area is 152 Å². The number of carbonyl (C=O) groups is 1. The number of methoxy groups -OCH3 is 1. The number of rotatable bonds is 6. The molecule has 1 aromatic carbocycles. The molecular weight excluding hydrogens is 330 g/mol. The zero-order valence-corrected chi connectivity index (χ0v) is 15.4. The number of aryl methyl sites for hydroxylation is 3. The summed E-state index contributed by atoms with van der Waals surface area (Å²) in [6, 6.07) is 9.04. The molecule has 0 saturated carbocycles. The molecule has 0 aliphatic heterocycles. The first-order valence-electron chi connectivity index (χ1n) is 8.41. The van der Waals surface area contributed by atoms with Crippen LogP contribution in [0.2, 0.25) is 0 Å². The van der Waals surface area contributed by atoms with Gasteiger partial charge in [0.1, 0.15) is 5.82 Å². The molecule has 26 heavy (non-hydrogen) atoms. The molecule has 1 atom stereocenters. The van der Waals surface area contributed by atoms with Crippen molar-refractivity contribution in [2.24, 2.45) is 7.05 Å². The van der Waals surface area contributed by atoms with Crippen molar-refractivity contribution in [3.05, 3.63) is 59.3 Å². The summed E-state index contributed by atoms with van der Waals surface area (Å²) >= 11 is 0. The fourth-order valence-electron chi connectivity index (χ4n) is 3.01. The highest BCUT2D eigenvalue weighted by Crippen LogP contribution is 2.22. The van der Waals surface area contributed by atoms with E-state index in [4.69, 9.17) is 4.74 Å². The summed E-state index contributed by atoms with van der Waals surface area (Å²) in [5.74, 6) is 0.715. The van der Waals surface area contributed by atoms with Gasteiger partial charge in [0.15, 0.2) is 0 Å². The van der Waals surface area contributed by atoms with Gasteiger partial charge in [-0.25, -0.2) is 4.98 Å². The van der Waals surface area contributed by atoms with Gasteiger partial charge in [-0.2, -0.15) is 5.10 Å². The molecule has 2 aromatic heterocycles. The van der Waals surface area contributed by atoms with E-state index in [2.05, 4.69) is 20.4 Å². The Kier molecular flexibility index (Phi) is 5.18. The molecule has 7 heteroatoms. The van der Waals surface area contributed by atoms with Crippen molar-refractivity contribution >= 4 is 5.91 Å². The summed E-state index contributed by atoms with van der Waals surface area (Å²) in [6.07, 6.45) is 1.70. The van der Waals surface area contributed by atoms with Crippen LogP contribution in [0.3, 0.4) is 0 Å². The summed E-state index contributed by atoms with van der Waals surface area (Å²) in [5, 5.41) is 7.16. The van der Waals surface area contributed by atoms with Crippen LogP contribution in [0.5, 0.6) is 0 Å². The average Bonchev–Trinajstić information content (AvgIpc) is 3.19. The zero-order chi connectivity index (χ0) is 18.7. The fourth-order valence-corrected chi connectivity index (χ4v) is 3.01. The molecule has 0 unspecified atom stereocenters. The maximum atomic E-state index is 12.6. The van der Waals surface area contributed by atoms with Crippen molar-refractivity contribution in [1.82, 2.24) is 25.1 Å². The molecule has 136 valence electrons. The van der Waals surface area contributed by atoms with Gasteiger partial charge in [0.05, 0.1) is 24.0 Å². The van der Waals surface area contributed by atoms with Crippen LogP contribution in [-0.4, -0.2) is 39.4 Å². The Balaban J connectivity index is 1.77. The van der Waals surface area contributed by atoms with E-state index in [1.807, 2.05) is 39.1 Å². The topological polar surface area (TPSA) is 84.8 Å². The lowest BCUT2D eigenvalue weighted by Crippen LogP contribution is -2.32. The number of carbonyl (C=O) groups excluding carboxylic acids is 1. The Bertz CT molecular complexity index is 895. The lowest BCUT2D eigenvalue weighted by Gasteiger charge is -2.18. The molecule has 0 spiro atoms. The van der Waals surface area contributed by atoms with Gasteiger partial charge in [0.2, 0.25) is 0 Å². The number of aromatic nitrogens is 4. The molecule has 3 rings (SSSR count). The third-order valence-electron chi connectivity index (χ3n) is 4.28. The minimum atomic E-state index is -0.268. The van der Waals surface area contributed by atoms with E-state index in [9.17, 15) is 4.79 Å². The zero-order valence-electron chi connectivity index (χ0n) is 15.4. The Morgan fingerprint density at radius 1 is 1.27 bits per heavy atom. The fraction of sp³-hybridized carbons (Fsp3) is 0.316. The second-order valence-corrected chi connectivity index (χ2v) is 6.23. The maximum absolute atomic E-state index is 12.6. The molecule has 0 aliphatic carbocycles. The maximum Gasteiger partial charge on any atom is 0.251 e. The van der Waals surface area contributed by atoms with Gasteiger partial charge in [-0.05, 0) is 32.0 Å². The first-order chi connectivity index (χ1) is 12.5. The van der Waals surface area contributed by atoms with Crippen LogP contribution in [0.25, 0.3) is 11.3 Å². The molecule has 0 radical (unpaired) electrons. The van der Waals surface area contributed by atoms with Gasteiger partial charge in [-0.15, -0.1) is 0 Å². The first kappa shape index (κ1) is 17.9. The third kappa shape index (κ3) is 3.67. The van der Waals surface area contributed by atoms with Crippen LogP contribution in [0.1, 0.15) is 33.6 Å². The van der Waals surface area contributed by atoms with Gasteiger partial charge in [0, 0.05) is 37.2 Å². The number of benzene rings is 1. The molecule has 0 bridgehead atoms. The summed E-state index contributed by atoms with van der Waals surface area (Å²) < 4.78 is 6.98.